The van der Waals surface area contributed by atoms with E-state index in [1.165, 1.54) is 18.2 Å². The first-order valence-electron chi connectivity index (χ1n) is 12.0. The third kappa shape index (κ3) is 5.72. The van der Waals surface area contributed by atoms with Crippen molar-refractivity contribution in [2.24, 2.45) is 0 Å². The predicted molar refractivity (Wildman–Crippen MR) is 138 cm³/mol. The number of carbonyl (C=O) groups excluding carboxylic acids is 1. The molecule has 0 spiro atoms. The molecule has 0 atom stereocenters. The summed E-state index contributed by atoms with van der Waals surface area (Å²) in [6.45, 7) is 9.58. The quantitative estimate of drug-likeness (QED) is 0.158. The van der Waals surface area contributed by atoms with Crippen LogP contribution in [-0.4, -0.2) is 36.6 Å². The van der Waals surface area contributed by atoms with Crippen molar-refractivity contribution < 1.29 is 28.0 Å². The number of benzene rings is 2. The Kier molecular flexibility index (Phi) is 7.46. The van der Waals surface area contributed by atoms with E-state index >= 15 is 0 Å². The van der Waals surface area contributed by atoms with Gasteiger partial charge in [-0.05, 0) is 43.2 Å². The minimum absolute atomic E-state index is 0.124. The first kappa shape index (κ1) is 26.5. The molecule has 1 amide bonds. The van der Waals surface area contributed by atoms with Crippen molar-refractivity contribution in [3.63, 3.8) is 0 Å². The molecule has 0 saturated heterocycles. The minimum Gasteiger partial charge on any atom is -0.454 e. The maximum atomic E-state index is 14.4. The van der Waals surface area contributed by atoms with Gasteiger partial charge in [0, 0.05) is 50.7 Å². The number of halogens is 2. The molecule has 0 aliphatic carbocycles. The smallest absolute Gasteiger partial charge is 0.270 e. The number of nitro benzene ring substituents is 1. The summed E-state index contributed by atoms with van der Waals surface area (Å²) >= 11 is 0. The fraction of sp³-hybridized carbons (Fsp3) is 0.346. The molecule has 0 radical (unpaired) electrons. The highest BCUT2D eigenvalue weighted by Gasteiger charge is 2.31. The predicted octanol–water partition coefficient (Wildman–Crippen LogP) is 6.04. The third-order valence-electron chi connectivity index (χ3n) is 6.27. The van der Waals surface area contributed by atoms with Gasteiger partial charge >= 0.3 is 0 Å². The molecule has 0 fully saturated rings. The summed E-state index contributed by atoms with van der Waals surface area (Å²) in [5, 5.41) is 14.5. The van der Waals surface area contributed by atoms with E-state index in [9.17, 15) is 23.7 Å². The van der Waals surface area contributed by atoms with Gasteiger partial charge in [0.05, 0.1) is 16.2 Å². The number of hydrogen-bond acceptors (Lipinski definition) is 5. The van der Waals surface area contributed by atoms with Crippen LogP contribution in [0.15, 0.2) is 36.4 Å². The topological polar surface area (TPSA) is 95.6 Å². The molecule has 8 nitrogen and oxygen atoms in total. The molecular weight excluding hydrogens is 500 g/mol. The molecule has 1 N–H and O–H groups in total. The molecular formula is C26H29F2N3O5Si. The molecule has 196 valence electrons. The number of nitrogens with one attached hydrogen (secondary N) is 1. The number of hydrogen-bond donors (Lipinski definition) is 1. The lowest BCUT2D eigenvalue weighted by molar-refractivity contribution is -0.384. The highest BCUT2D eigenvalue weighted by molar-refractivity contribution is 6.76. The molecule has 1 aliphatic rings. The molecule has 0 bridgehead atoms. The highest BCUT2D eigenvalue weighted by atomic mass is 28.3. The van der Waals surface area contributed by atoms with E-state index in [4.69, 9.17) is 9.47 Å². The van der Waals surface area contributed by atoms with Crippen molar-refractivity contribution in [1.82, 2.24) is 9.88 Å². The van der Waals surface area contributed by atoms with Crippen molar-refractivity contribution in [2.45, 2.75) is 45.8 Å². The van der Waals surface area contributed by atoms with Crippen LogP contribution >= 0.6 is 0 Å². The first-order valence-corrected chi connectivity index (χ1v) is 15.7. The van der Waals surface area contributed by atoms with Crippen molar-refractivity contribution >= 4 is 19.7 Å². The second-order valence-corrected chi connectivity index (χ2v) is 15.8. The van der Waals surface area contributed by atoms with E-state index in [0.717, 1.165) is 18.2 Å². The Morgan fingerprint density at radius 1 is 1.14 bits per heavy atom. The summed E-state index contributed by atoms with van der Waals surface area (Å²) in [6.07, 6.45) is 0.492. The molecule has 0 saturated carbocycles. The van der Waals surface area contributed by atoms with E-state index < -0.39 is 24.6 Å². The summed E-state index contributed by atoms with van der Waals surface area (Å²) in [4.78, 5) is 23.9. The molecule has 4 rings (SSSR count). The SMILES string of the molecule is Cc1c2c(c(-c3cc([N+](=O)[O-])ccc3Oc3ccc(F)cc3F)n1COCC[Si](C)(C)C)CCNC2=O. The maximum Gasteiger partial charge on any atom is 0.270 e. The summed E-state index contributed by atoms with van der Waals surface area (Å²) in [6, 6.07) is 7.84. The first-order chi connectivity index (χ1) is 17.5. The number of amides is 1. The molecule has 1 aromatic heterocycles. The fourth-order valence-electron chi connectivity index (χ4n) is 4.32. The van der Waals surface area contributed by atoms with Gasteiger partial charge in [0.2, 0.25) is 0 Å². The van der Waals surface area contributed by atoms with Gasteiger partial charge in [-0.25, -0.2) is 8.78 Å². The van der Waals surface area contributed by atoms with Crippen LogP contribution in [0.25, 0.3) is 11.3 Å². The van der Waals surface area contributed by atoms with Gasteiger partial charge in [0.25, 0.3) is 11.6 Å². The van der Waals surface area contributed by atoms with Gasteiger partial charge in [-0.2, -0.15) is 0 Å². The van der Waals surface area contributed by atoms with Crippen LogP contribution in [0.5, 0.6) is 11.5 Å². The Bertz CT molecular complexity index is 1370. The van der Waals surface area contributed by atoms with Gasteiger partial charge in [0.15, 0.2) is 11.6 Å². The zero-order valence-electron chi connectivity index (χ0n) is 21.2. The largest absolute Gasteiger partial charge is 0.454 e. The Morgan fingerprint density at radius 2 is 1.86 bits per heavy atom. The van der Waals surface area contributed by atoms with Crippen LogP contribution in [0.4, 0.5) is 14.5 Å². The van der Waals surface area contributed by atoms with Crippen molar-refractivity contribution in [3.8, 4) is 22.8 Å². The Hall–Kier alpha value is -3.57. The Morgan fingerprint density at radius 3 is 2.54 bits per heavy atom. The molecule has 1 aliphatic heterocycles. The maximum absolute atomic E-state index is 14.4. The molecule has 11 heteroatoms. The van der Waals surface area contributed by atoms with Crippen LogP contribution in [0, 0.1) is 28.7 Å². The average molecular weight is 530 g/mol. The monoisotopic (exact) mass is 529 g/mol. The van der Waals surface area contributed by atoms with Crippen LogP contribution in [0.3, 0.4) is 0 Å². The normalized spacial score (nSPS) is 13.3. The number of nitro groups is 1. The van der Waals surface area contributed by atoms with E-state index in [-0.39, 0.29) is 29.8 Å². The van der Waals surface area contributed by atoms with Gasteiger partial charge in [0.1, 0.15) is 18.3 Å². The molecule has 2 heterocycles. The van der Waals surface area contributed by atoms with Gasteiger partial charge in [-0.15, -0.1) is 0 Å². The minimum atomic E-state index is -1.34. The van der Waals surface area contributed by atoms with Crippen LogP contribution in [-0.2, 0) is 17.9 Å². The number of rotatable bonds is 9. The summed E-state index contributed by atoms with van der Waals surface area (Å²) in [5.41, 5.74) is 2.50. The van der Waals surface area contributed by atoms with E-state index in [2.05, 4.69) is 25.0 Å². The van der Waals surface area contributed by atoms with E-state index in [1.54, 1.807) is 6.92 Å². The lowest BCUT2D eigenvalue weighted by Crippen LogP contribution is -2.31. The van der Waals surface area contributed by atoms with Crippen molar-refractivity contribution in [1.29, 1.82) is 0 Å². The van der Waals surface area contributed by atoms with E-state index in [0.29, 0.717) is 53.7 Å². The number of fused-ring (bicyclic) bond motifs is 1. The molecule has 37 heavy (non-hydrogen) atoms. The number of nitrogens with zero attached hydrogens (tertiary/aromatic N) is 2. The van der Waals surface area contributed by atoms with Crippen LogP contribution in [0.1, 0.15) is 21.6 Å². The van der Waals surface area contributed by atoms with Gasteiger partial charge in [-0.3, -0.25) is 14.9 Å². The number of ether oxygens (including phenoxy) is 2. The second-order valence-electron chi connectivity index (χ2n) is 10.2. The fourth-order valence-corrected chi connectivity index (χ4v) is 5.08. The summed E-state index contributed by atoms with van der Waals surface area (Å²) in [7, 11) is -1.34. The van der Waals surface area contributed by atoms with Crippen LogP contribution < -0.4 is 10.1 Å². The molecule has 2 aromatic carbocycles. The third-order valence-corrected chi connectivity index (χ3v) is 7.98. The van der Waals surface area contributed by atoms with E-state index in [1.807, 2.05) is 4.57 Å². The summed E-state index contributed by atoms with van der Waals surface area (Å²) in [5.74, 6) is -2.01. The zero-order valence-corrected chi connectivity index (χ0v) is 22.2. The zero-order chi connectivity index (χ0) is 26.9. The number of aromatic nitrogens is 1. The lowest BCUT2D eigenvalue weighted by atomic mass is 9.97. The van der Waals surface area contributed by atoms with Gasteiger partial charge in [-0.1, -0.05) is 19.6 Å². The van der Waals surface area contributed by atoms with Crippen molar-refractivity contribution in [2.75, 3.05) is 13.2 Å². The average Bonchev–Trinajstić information content (AvgIpc) is 3.10. The van der Waals surface area contributed by atoms with Crippen LogP contribution in [0.2, 0.25) is 25.7 Å². The highest BCUT2D eigenvalue weighted by Crippen LogP contribution is 2.42. The van der Waals surface area contributed by atoms with Gasteiger partial charge < -0.3 is 19.4 Å². The molecule has 3 aromatic rings. The Balaban J connectivity index is 1.86. The van der Waals surface area contributed by atoms with Crippen molar-refractivity contribution in [3.05, 3.63) is 75.0 Å². The summed E-state index contributed by atoms with van der Waals surface area (Å²) < 4.78 is 41.5. The second kappa shape index (κ2) is 10.4. The number of non-ortho nitro benzene ring substituents is 1. The standard InChI is InChI=1S/C26H29F2N3O5Si/c1-16-24-19(9-10-29-26(24)32)25(30(16)15-35-11-12-37(2,3)4)20-14-18(31(33)34)6-8-22(20)36-23-7-5-17(27)13-21(23)28/h5-8,13-14H,9-12,15H2,1-4H3,(H,29,32). The Labute approximate surface area is 214 Å². The molecule has 0 unspecified atom stereocenters. The lowest BCUT2D eigenvalue weighted by Gasteiger charge is -2.19. The number of carbonyl (C=O) groups is 1.